The standard InChI is InChI=1S/C17H28O2/c1-13-11-15(17(2,3)4)12-14(16(13)19)9-7-5-6-8-10-18/h11-12,18-19H,5-10H2,1-4H3. The Morgan fingerprint density at radius 3 is 2.21 bits per heavy atom. The third-order valence-electron chi connectivity index (χ3n) is 3.60. The molecule has 0 radical (unpaired) electrons. The van der Waals surface area contributed by atoms with E-state index in [1.807, 2.05) is 6.92 Å². The Bertz CT molecular complexity index is 402. The molecule has 0 saturated carbocycles. The number of aliphatic hydroxyl groups is 1. The Labute approximate surface area is 117 Å². The van der Waals surface area contributed by atoms with Gasteiger partial charge in [-0.05, 0) is 48.3 Å². The summed E-state index contributed by atoms with van der Waals surface area (Å²) in [5.41, 5.74) is 3.43. The summed E-state index contributed by atoms with van der Waals surface area (Å²) >= 11 is 0. The van der Waals surface area contributed by atoms with Gasteiger partial charge in [-0.2, -0.15) is 0 Å². The van der Waals surface area contributed by atoms with Gasteiger partial charge in [-0.15, -0.1) is 0 Å². The quantitative estimate of drug-likeness (QED) is 0.760. The van der Waals surface area contributed by atoms with Crippen molar-refractivity contribution < 1.29 is 10.2 Å². The Morgan fingerprint density at radius 1 is 1.00 bits per heavy atom. The molecule has 19 heavy (non-hydrogen) atoms. The molecular weight excluding hydrogens is 236 g/mol. The highest BCUT2D eigenvalue weighted by Gasteiger charge is 2.17. The molecule has 0 spiro atoms. The van der Waals surface area contributed by atoms with E-state index in [-0.39, 0.29) is 12.0 Å². The summed E-state index contributed by atoms with van der Waals surface area (Å²) in [7, 11) is 0. The van der Waals surface area contributed by atoms with Gasteiger partial charge in [0.05, 0.1) is 0 Å². The number of benzene rings is 1. The SMILES string of the molecule is Cc1cc(C(C)(C)C)cc(CCCCCCO)c1O. The third-order valence-corrected chi connectivity index (χ3v) is 3.60. The van der Waals surface area contributed by atoms with Gasteiger partial charge in [0, 0.05) is 6.61 Å². The van der Waals surface area contributed by atoms with Gasteiger partial charge in [0.1, 0.15) is 5.75 Å². The number of aryl methyl sites for hydroxylation is 2. The van der Waals surface area contributed by atoms with E-state index in [2.05, 4.69) is 32.9 Å². The van der Waals surface area contributed by atoms with Gasteiger partial charge in [0.25, 0.3) is 0 Å². The number of hydrogen-bond donors (Lipinski definition) is 2. The molecule has 0 aliphatic heterocycles. The molecule has 2 heteroatoms. The molecule has 0 saturated heterocycles. The smallest absolute Gasteiger partial charge is 0.121 e. The van der Waals surface area contributed by atoms with Crippen LogP contribution in [-0.2, 0) is 11.8 Å². The fourth-order valence-corrected chi connectivity index (χ4v) is 2.26. The van der Waals surface area contributed by atoms with Gasteiger partial charge in [0.2, 0.25) is 0 Å². The zero-order chi connectivity index (χ0) is 14.5. The predicted molar refractivity (Wildman–Crippen MR) is 80.8 cm³/mol. The van der Waals surface area contributed by atoms with Gasteiger partial charge in [-0.1, -0.05) is 45.7 Å². The van der Waals surface area contributed by atoms with Gasteiger partial charge >= 0.3 is 0 Å². The maximum absolute atomic E-state index is 10.2. The third kappa shape index (κ3) is 4.87. The lowest BCUT2D eigenvalue weighted by atomic mass is 9.84. The average Bonchev–Trinajstić information content (AvgIpc) is 2.32. The van der Waals surface area contributed by atoms with E-state index in [9.17, 15) is 5.11 Å². The second kappa shape index (κ2) is 6.95. The van der Waals surface area contributed by atoms with E-state index in [4.69, 9.17) is 5.11 Å². The van der Waals surface area contributed by atoms with E-state index < -0.39 is 0 Å². The van der Waals surface area contributed by atoms with Crippen molar-refractivity contribution in [1.82, 2.24) is 0 Å². The minimum Gasteiger partial charge on any atom is -0.507 e. The molecule has 0 fully saturated rings. The Kier molecular flexibility index (Phi) is 5.86. The van der Waals surface area contributed by atoms with E-state index >= 15 is 0 Å². The molecular formula is C17H28O2. The van der Waals surface area contributed by atoms with Crippen molar-refractivity contribution in [3.63, 3.8) is 0 Å². The number of rotatable bonds is 6. The maximum Gasteiger partial charge on any atom is 0.121 e. The molecule has 2 N–H and O–H groups in total. The molecule has 0 atom stereocenters. The Morgan fingerprint density at radius 2 is 1.63 bits per heavy atom. The summed E-state index contributed by atoms with van der Waals surface area (Å²) < 4.78 is 0. The molecule has 0 amide bonds. The largest absolute Gasteiger partial charge is 0.507 e. The Hall–Kier alpha value is -1.02. The Balaban J connectivity index is 2.74. The van der Waals surface area contributed by atoms with Crippen molar-refractivity contribution in [3.05, 3.63) is 28.8 Å². The lowest BCUT2D eigenvalue weighted by molar-refractivity contribution is 0.282. The first-order valence-corrected chi connectivity index (χ1v) is 7.30. The molecule has 0 aliphatic carbocycles. The van der Waals surface area contributed by atoms with Crippen molar-refractivity contribution in [3.8, 4) is 5.75 Å². The first kappa shape index (κ1) is 16.0. The first-order chi connectivity index (χ1) is 8.86. The topological polar surface area (TPSA) is 40.5 Å². The highest BCUT2D eigenvalue weighted by Crippen LogP contribution is 2.31. The van der Waals surface area contributed by atoms with E-state index in [0.29, 0.717) is 5.75 Å². The van der Waals surface area contributed by atoms with Crippen LogP contribution < -0.4 is 0 Å². The zero-order valence-electron chi connectivity index (χ0n) is 12.8. The van der Waals surface area contributed by atoms with Crippen molar-refractivity contribution >= 4 is 0 Å². The van der Waals surface area contributed by atoms with Gasteiger partial charge in [0.15, 0.2) is 0 Å². The molecule has 0 bridgehead atoms. The molecule has 1 aromatic rings. The van der Waals surface area contributed by atoms with Crippen LogP contribution in [0.3, 0.4) is 0 Å². The van der Waals surface area contributed by atoms with Crippen LogP contribution in [0.5, 0.6) is 5.75 Å². The summed E-state index contributed by atoms with van der Waals surface area (Å²) in [6.07, 6.45) is 5.05. The monoisotopic (exact) mass is 264 g/mol. The molecule has 0 heterocycles. The normalized spacial score (nSPS) is 11.8. The molecule has 1 aromatic carbocycles. The van der Waals surface area contributed by atoms with Crippen molar-refractivity contribution in [2.75, 3.05) is 6.61 Å². The van der Waals surface area contributed by atoms with Crippen molar-refractivity contribution in [2.45, 2.75) is 65.2 Å². The number of phenolic OH excluding ortho intramolecular Hbond substituents is 1. The van der Waals surface area contributed by atoms with E-state index in [0.717, 1.165) is 43.2 Å². The second-order valence-electron chi connectivity index (χ2n) is 6.44. The van der Waals surface area contributed by atoms with Crippen LogP contribution >= 0.6 is 0 Å². The van der Waals surface area contributed by atoms with E-state index in [1.165, 1.54) is 5.56 Å². The van der Waals surface area contributed by atoms with Gasteiger partial charge < -0.3 is 10.2 Å². The fourth-order valence-electron chi connectivity index (χ4n) is 2.26. The minimum atomic E-state index is 0.115. The summed E-state index contributed by atoms with van der Waals surface area (Å²) in [4.78, 5) is 0. The molecule has 1 rings (SSSR count). The highest BCUT2D eigenvalue weighted by atomic mass is 16.3. The summed E-state index contributed by atoms with van der Waals surface area (Å²) in [5.74, 6) is 0.454. The first-order valence-electron chi connectivity index (χ1n) is 7.30. The van der Waals surface area contributed by atoms with Crippen LogP contribution in [0.25, 0.3) is 0 Å². The molecule has 2 nitrogen and oxygen atoms in total. The van der Waals surface area contributed by atoms with Gasteiger partial charge in [-0.25, -0.2) is 0 Å². The number of aliphatic hydroxyl groups excluding tert-OH is 1. The summed E-state index contributed by atoms with van der Waals surface area (Å²) in [5, 5.41) is 18.9. The van der Waals surface area contributed by atoms with Crippen LogP contribution in [-0.4, -0.2) is 16.8 Å². The number of hydrogen-bond acceptors (Lipinski definition) is 2. The van der Waals surface area contributed by atoms with Crippen LogP contribution in [0.2, 0.25) is 0 Å². The molecule has 0 aliphatic rings. The molecule has 108 valence electrons. The van der Waals surface area contributed by atoms with Crippen LogP contribution in [0.15, 0.2) is 12.1 Å². The molecule has 0 aromatic heterocycles. The van der Waals surface area contributed by atoms with Crippen LogP contribution in [0, 0.1) is 6.92 Å². The predicted octanol–water partition coefficient (Wildman–Crippen LogP) is 4.09. The highest BCUT2D eigenvalue weighted by molar-refractivity contribution is 5.45. The zero-order valence-corrected chi connectivity index (χ0v) is 12.8. The van der Waals surface area contributed by atoms with Crippen LogP contribution in [0.4, 0.5) is 0 Å². The van der Waals surface area contributed by atoms with Gasteiger partial charge in [-0.3, -0.25) is 0 Å². The lowest BCUT2D eigenvalue weighted by Gasteiger charge is -2.21. The van der Waals surface area contributed by atoms with E-state index in [1.54, 1.807) is 0 Å². The minimum absolute atomic E-state index is 0.115. The molecule has 0 unspecified atom stereocenters. The lowest BCUT2D eigenvalue weighted by Crippen LogP contribution is -2.12. The van der Waals surface area contributed by atoms with Crippen LogP contribution in [0.1, 0.15) is 63.1 Å². The van der Waals surface area contributed by atoms with Crippen molar-refractivity contribution in [1.29, 1.82) is 0 Å². The fraction of sp³-hybridized carbons (Fsp3) is 0.647. The number of unbranched alkanes of at least 4 members (excludes halogenated alkanes) is 3. The maximum atomic E-state index is 10.2. The van der Waals surface area contributed by atoms with Crippen molar-refractivity contribution in [2.24, 2.45) is 0 Å². The number of phenols is 1. The average molecular weight is 264 g/mol. The summed E-state index contributed by atoms with van der Waals surface area (Å²) in [6.45, 7) is 8.85. The number of aromatic hydroxyl groups is 1. The summed E-state index contributed by atoms with van der Waals surface area (Å²) in [6, 6.07) is 4.24. The second-order valence-corrected chi connectivity index (χ2v) is 6.44.